The Labute approximate surface area is 251 Å². The second-order valence-electron chi connectivity index (χ2n) is 10.2. The number of aliphatic carboxylic acids is 1. The number of amides is 3. The number of carboxylic acids is 1. The van der Waals surface area contributed by atoms with Crippen LogP contribution in [0, 0.1) is 5.92 Å². The number of piperidine rings is 2. The quantitative estimate of drug-likeness (QED) is 0.523. The first-order chi connectivity index (χ1) is 19.7. The van der Waals surface area contributed by atoms with Crippen molar-refractivity contribution in [3.05, 3.63) is 63.9 Å². The summed E-state index contributed by atoms with van der Waals surface area (Å²) in [6, 6.07) is 8.90. The SMILES string of the molecule is CC(=O)N1CCC(C(=O)N2CCC(N(C)C(=O)c3cccnc3)C(c3ccc(Cl)c(Cl)c3)C2)CC1.O=C(O)C(F)(F)F. The molecule has 4 rings (SSSR count). The highest BCUT2D eigenvalue weighted by atomic mass is 35.5. The molecule has 2 aromatic rings. The molecule has 2 aliphatic rings. The van der Waals surface area contributed by atoms with Gasteiger partial charge in [-0.1, -0.05) is 29.3 Å². The van der Waals surface area contributed by atoms with Gasteiger partial charge in [0.2, 0.25) is 11.8 Å². The molecule has 9 nitrogen and oxygen atoms in total. The largest absolute Gasteiger partial charge is 0.490 e. The molecule has 228 valence electrons. The van der Waals surface area contributed by atoms with Crippen LogP contribution in [0.15, 0.2) is 42.7 Å². The standard InChI is InChI=1S/C26H30Cl2N4O3.C2HF3O2/c1-17(33)31-11-7-18(8-12-31)26(35)32-13-9-24(30(2)25(34)20-4-3-10-29-15-20)21(16-32)19-5-6-22(27)23(28)14-19;3-2(4,5)1(6)7/h3-6,10,14-15,18,21,24H,7-9,11-13,16H2,1-2H3;(H,6,7). The number of hydrogen-bond donors (Lipinski definition) is 1. The van der Waals surface area contributed by atoms with Gasteiger partial charge in [0.1, 0.15) is 0 Å². The number of aromatic nitrogens is 1. The van der Waals surface area contributed by atoms with Crippen LogP contribution in [0.3, 0.4) is 0 Å². The van der Waals surface area contributed by atoms with Crippen molar-refractivity contribution in [3.8, 4) is 0 Å². The molecule has 42 heavy (non-hydrogen) atoms. The van der Waals surface area contributed by atoms with E-state index in [1.807, 2.05) is 17.0 Å². The van der Waals surface area contributed by atoms with Gasteiger partial charge in [0, 0.05) is 70.4 Å². The Morgan fingerprint density at radius 1 is 1.00 bits per heavy atom. The van der Waals surface area contributed by atoms with E-state index < -0.39 is 12.1 Å². The molecule has 1 N–H and O–H groups in total. The molecule has 1 aromatic heterocycles. The molecule has 0 spiro atoms. The zero-order valence-corrected chi connectivity index (χ0v) is 24.5. The second kappa shape index (κ2) is 14.2. The van der Waals surface area contributed by atoms with Crippen LogP contribution in [0.25, 0.3) is 0 Å². The predicted octanol–water partition coefficient (Wildman–Crippen LogP) is 4.74. The molecule has 2 unspecified atom stereocenters. The van der Waals surface area contributed by atoms with Gasteiger partial charge in [-0.25, -0.2) is 4.79 Å². The fourth-order valence-electron chi connectivity index (χ4n) is 5.22. The summed E-state index contributed by atoms with van der Waals surface area (Å²) in [4.78, 5) is 56.8. The van der Waals surface area contributed by atoms with E-state index >= 15 is 0 Å². The number of benzene rings is 1. The van der Waals surface area contributed by atoms with Crippen molar-refractivity contribution in [1.82, 2.24) is 19.7 Å². The van der Waals surface area contributed by atoms with Gasteiger partial charge in [0.15, 0.2) is 0 Å². The molecular formula is C28H31Cl2F3N4O5. The van der Waals surface area contributed by atoms with Gasteiger partial charge >= 0.3 is 12.1 Å². The second-order valence-corrected chi connectivity index (χ2v) is 11.0. The summed E-state index contributed by atoms with van der Waals surface area (Å²) in [5, 5.41) is 8.04. The summed E-state index contributed by atoms with van der Waals surface area (Å²) in [5.74, 6) is -2.90. The molecule has 0 bridgehead atoms. The van der Waals surface area contributed by atoms with Gasteiger partial charge in [0.05, 0.1) is 15.6 Å². The summed E-state index contributed by atoms with van der Waals surface area (Å²) < 4.78 is 31.7. The summed E-state index contributed by atoms with van der Waals surface area (Å²) >= 11 is 12.5. The first-order valence-electron chi connectivity index (χ1n) is 13.2. The summed E-state index contributed by atoms with van der Waals surface area (Å²) in [6.07, 6.45) is 0.120. The lowest BCUT2D eigenvalue weighted by Gasteiger charge is -2.44. The molecule has 1 aromatic carbocycles. The lowest BCUT2D eigenvalue weighted by Crippen LogP contribution is -2.53. The minimum atomic E-state index is -5.08. The maximum absolute atomic E-state index is 13.4. The van der Waals surface area contributed by atoms with E-state index in [-0.39, 0.29) is 35.6 Å². The van der Waals surface area contributed by atoms with E-state index in [1.54, 1.807) is 54.4 Å². The number of hydrogen-bond acceptors (Lipinski definition) is 5. The number of nitrogens with zero attached hydrogens (tertiary/aromatic N) is 4. The van der Waals surface area contributed by atoms with Crippen molar-refractivity contribution in [1.29, 1.82) is 0 Å². The number of alkyl halides is 3. The molecule has 3 amide bonds. The number of pyridine rings is 1. The minimum absolute atomic E-state index is 0.0534. The van der Waals surface area contributed by atoms with E-state index in [1.165, 1.54) is 0 Å². The zero-order chi connectivity index (χ0) is 31.2. The molecule has 2 fully saturated rings. The van der Waals surface area contributed by atoms with E-state index in [9.17, 15) is 27.6 Å². The Hall–Kier alpha value is -3.38. The van der Waals surface area contributed by atoms with Crippen molar-refractivity contribution in [2.24, 2.45) is 5.92 Å². The Balaban J connectivity index is 0.000000616. The van der Waals surface area contributed by atoms with Crippen LogP contribution >= 0.6 is 23.2 Å². The highest BCUT2D eigenvalue weighted by molar-refractivity contribution is 6.42. The van der Waals surface area contributed by atoms with Crippen LogP contribution < -0.4 is 0 Å². The molecule has 2 saturated heterocycles. The fourth-order valence-corrected chi connectivity index (χ4v) is 5.52. The lowest BCUT2D eigenvalue weighted by molar-refractivity contribution is -0.192. The number of carbonyl (C=O) groups is 4. The highest BCUT2D eigenvalue weighted by Gasteiger charge is 2.39. The lowest BCUT2D eigenvalue weighted by atomic mass is 9.83. The number of likely N-dealkylation sites (N-methyl/N-ethyl adjacent to an activating group) is 1. The van der Waals surface area contributed by atoms with Crippen LogP contribution in [-0.4, -0.2) is 93.9 Å². The minimum Gasteiger partial charge on any atom is -0.475 e. The van der Waals surface area contributed by atoms with Crippen molar-refractivity contribution < 1.29 is 37.5 Å². The molecule has 3 heterocycles. The smallest absolute Gasteiger partial charge is 0.475 e. The maximum Gasteiger partial charge on any atom is 0.490 e. The number of rotatable bonds is 4. The Kier molecular flexibility index (Phi) is 11.2. The third kappa shape index (κ3) is 8.34. The fraction of sp³-hybridized carbons (Fsp3) is 0.464. The third-order valence-electron chi connectivity index (χ3n) is 7.52. The highest BCUT2D eigenvalue weighted by Crippen LogP contribution is 2.35. The molecule has 14 heteroatoms. The third-order valence-corrected chi connectivity index (χ3v) is 8.26. The summed E-state index contributed by atoms with van der Waals surface area (Å²) in [6.45, 7) is 3.84. The predicted molar refractivity (Wildman–Crippen MR) is 149 cm³/mol. The van der Waals surface area contributed by atoms with Crippen molar-refractivity contribution in [2.45, 2.75) is 44.3 Å². The van der Waals surface area contributed by atoms with Gasteiger partial charge in [-0.05, 0) is 49.1 Å². The van der Waals surface area contributed by atoms with Gasteiger partial charge in [-0.3, -0.25) is 19.4 Å². The van der Waals surface area contributed by atoms with Crippen molar-refractivity contribution in [3.63, 3.8) is 0 Å². The number of carboxylic acid groups (broad SMARTS) is 1. The van der Waals surface area contributed by atoms with Crippen LogP contribution in [0.5, 0.6) is 0 Å². The Morgan fingerprint density at radius 3 is 2.14 bits per heavy atom. The van der Waals surface area contributed by atoms with E-state index in [2.05, 4.69) is 4.98 Å². The Bertz CT molecular complexity index is 1290. The number of likely N-dealkylation sites (tertiary alicyclic amines) is 2. The van der Waals surface area contributed by atoms with Crippen molar-refractivity contribution >= 4 is 46.9 Å². The average Bonchev–Trinajstić information content (AvgIpc) is 2.97. The average molecular weight is 631 g/mol. The van der Waals surface area contributed by atoms with Crippen LogP contribution in [0.1, 0.15) is 48.0 Å². The van der Waals surface area contributed by atoms with Gasteiger partial charge < -0.3 is 19.8 Å². The molecule has 0 saturated carbocycles. The number of halogens is 5. The first kappa shape index (κ1) is 33.1. The van der Waals surface area contributed by atoms with Crippen LogP contribution in [0.4, 0.5) is 13.2 Å². The van der Waals surface area contributed by atoms with Crippen LogP contribution in [0.2, 0.25) is 10.0 Å². The molecule has 2 atom stereocenters. The summed E-state index contributed by atoms with van der Waals surface area (Å²) in [5.41, 5.74) is 1.47. The van der Waals surface area contributed by atoms with Gasteiger partial charge in [-0.2, -0.15) is 13.2 Å². The van der Waals surface area contributed by atoms with E-state index in [0.717, 1.165) is 5.56 Å². The maximum atomic E-state index is 13.4. The van der Waals surface area contributed by atoms with Crippen LogP contribution in [-0.2, 0) is 14.4 Å². The molecular weight excluding hydrogens is 600 g/mol. The first-order valence-corrected chi connectivity index (χ1v) is 13.9. The van der Waals surface area contributed by atoms with Gasteiger partial charge in [0.25, 0.3) is 5.91 Å². The van der Waals surface area contributed by atoms with Crippen molar-refractivity contribution in [2.75, 3.05) is 33.2 Å². The van der Waals surface area contributed by atoms with E-state index in [0.29, 0.717) is 61.1 Å². The number of carbonyl (C=O) groups excluding carboxylic acids is 3. The molecule has 0 radical (unpaired) electrons. The van der Waals surface area contributed by atoms with Gasteiger partial charge in [-0.15, -0.1) is 0 Å². The summed E-state index contributed by atoms with van der Waals surface area (Å²) in [7, 11) is 1.81. The normalized spacial score (nSPS) is 19.4. The molecule has 0 aliphatic carbocycles. The van der Waals surface area contributed by atoms with E-state index in [4.69, 9.17) is 33.1 Å². The Morgan fingerprint density at radius 2 is 1.62 bits per heavy atom. The monoisotopic (exact) mass is 630 g/mol. The molecule has 2 aliphatic heterocycles. The zero-order valence-electron chi connectivity index (χ0n) is 23.0. The topological polar surface area (TPSA) is 111 Å².